The quantitative estimate of drug-likeness (QED) is 0.0222. The van der Waals surface area contributed by atoms with Crippen LogP contribution < -0.4 is 0 Å². The highest BCUT2D eigenvalue weighted by Gasteiger charge is 2.30. The third-order valence-corrected chi connectivity index (χ3v) is 19.6. The van der Waals surface area contributed by atoms with Gasteiger partial charge in [0.15, 0.2) is 12.2 Å². The van der Waals surface area contributed by atoms with Gasteiger partial charge >= 0.3 is 39.5 Å². The molecule has 0 bridgehead atoms. The summed E-state index contributed by atoms with van der Waals surface area (Å²) >= 11 is 0. The van der Waals surface area contributed by atoms with Gasteiger partial charge in [-0.2, -0.15) is 0 Å². The van der Waals surface area contributed by atoms with E-state index < -0.39 is 97.5 Å². The molecule has 3 unspecified atom stereocenters. The predicted molar refractivity (Wildman–Crippen MR) is 381 cm³/mol. The van der Waals surface area contributed by atoms with Crippen LogP contribution in [0, 0.1) is 23.7 Å². The molecule has 0 aromatic rings. The van der Waals surface area contributed by atoms with Crippen LogP contribution >= 0.6 is 15.6 Å². The lowest BCUT2D eigenvalue weighted by Crippen LogP contribution is -2.30. The minimum Gasteiger partial charge on any atom is -0.462 e. The van der Waals surface area contributed by atoms with Crippen molar-refractivity contribution in [1.82, 2.24) is 0 Å². The lowest BCUT2D eigenvalue weighted by Gasteiger charge is -2.21. The average molecular weight is 1380 g/mol. The zero-order valence-electron chi connectivity index (χ0n) is 61.6. The van der Waals surface area contributed by atoms with Gasteiger partial charge < -0.3 is 33.8 Å². The molecule has 0 amide bonds. The summed E-state index contributed by atoms with van der Waals surface area (Å²) in [5, 5.41) is 10.6. The smallest absolute Gasteiger partial charge is 0.462 e. The Bertz CT molecular complexity index is 1850. The molecule has 558 valence electrons. The molecule has 0 fully saturated rings. The Labute approximate surface area is 575 Å². The highest BCUT2D eigenvalue weighted by atomic mass is 31.2. The second-order valence-electron chi connectivity index (χ2n) is 28.7. The lowest BCUT2D eigenvalue weighted by molar-refractivity contribution is -0.161. The van der Waals surface area contributed by atoms with E-state index in [1.807, 2.05) is 0 Å². The van der Waals surface area contributed by atoms with Gasteiger partial charge in [-0.05, 0) is 49.4 Å². The Kier molecular flexibility index (Phi) is 63.1. The van der Waals surface area contributed by atoms with Gasteiger partial charge in [0.1, 0.15) is 19.3 Å². The zero-order valence-corrected chi connectivity index (χ0v) is 63.4. The summed E-state index contributed by atoms with van der Waals surface area (Å²) in [4.78, 5) is 72.8. The second-order valence-corrected chi connectivity index (χ2v) is 31.6. The predicted octanol–water partition coefficient (Wildman–Crippen LogP) is 21.7. The molecule has 0 aromatic carbocycles. The van der Waals surface area contributed by atoms with Gasteiger partial charge in [-0.15, -0.1) is 0 Å². The van der Waals surface area contributed by atoms with Gasteiger partial charge in [0.25, 0.3) is 0 Å². The molecule has 0 aromatic heterocycles. The summed E-state index contributed by atoms with van der Waals surface area (Å²) in [5.74, 6) is 0.915. The van der Waals surface area contributed by atoms with Crippen LogP contribution in [0.1, 0.15) is 376 Å². The minimum atomic E-state index is -4.96. The number of aliphatic hydroxyl groups excluding tert-OH is 1. The first kappa shape index (κ1) is 92.1. The fraction of sp³-hybridized carbons (Fsp3) is 0.947. The number of hydrogen-bond donors (Lipinski definition) is 3. The van der Waals surface area contributed by atoms with Crippen molar-refractivity contribution in [2.24, 2.45) is 23.7 Å². The minimum absolute atomic E-state index is 0.105. The van der Waals surface area contributed by atoms with Crippen LogP contribution in [0.4, 0.5) is 0 Å². The molecule has 0 saturated heterocycles. The van der Waals surface area contributed by atoms with Crippen molar-refractivity contribution in [2.45, 2.75) is 395 Å². The molecule has 0 aliphatic carbocycles. The van der Waals surface area contributed by atoms with E-state index in [4.69, 9.17) is 37.0 Å². The van der Waals surface area contributed by atoms with E-state index >= 15 is 0 Å². The first-order chi connectivity index (χ1) is 45.1. The highest BCUT2D eigenvalue weighted by Crippen LogP contribution is 2.45. The first-order valence-electron chi connectivity index (χ1n) is 38.7. The van der Waals surface area contributed by atoms with Gasteiger partial charge in [-0.1, -0.05) is 325 Å². The average Bonchev–Trinajstić information content (AvgIpc) is 1.29. The van der Waals surface area contributed by atoms with Crippen LogP contribution in [0.2, 0.25) is 0 Å². The van der Waals surface area contributed by atoms with Crippen molar-refractivity contribution in [1.29, 1.82) is 0 Å². The molecule has 19 heteroatoms. The van der Waals surface area contributed by atoms with Crippen LogP contribution in [0.5, 0.6) is 0 Å². The maximum atomic E-state index is 13.1. The maximum Gasteiger partial charge on any atom is 0.472 e. The summed E-state index contributed by atoms with van der Waals surface area (Å²) < 4.78 is 68.5. The number of carbonyl (C=O) groups is 4. The summed E-state index contributed by atoms with van der Waals surface area (Å²) in [6, 6.07) is 0. The summed E-state index contributed by atoms with van der Waals surface area (Å²) in [6.45, 7) is 14.2. The van der Waals surface area contributed by atoms with Crippen LogP contribution in [0.15, 0.2) is 0 Å². The van der Waals surface area contributed by atoms with E-state index in [-0.39, 0.29) is 25.7 Å². The molecule has 0 radical (unpaired) electrons. The third kappa shape index (κ3) is 67.3. The van der Waals surface area contributed by atoms with Crippen LogP contribution in [-0.4, -0.2) is 96.7 Å². The fourth-order valence-electron chi connectivity index (χ4n) is 11.3. The molecule has 0 aliphatic rings. The number of hydrogen-bond acceptors (Lipinski definition) is 15. The lowest BCUT2D eigenvalue weighted by atomic mass is 10.00. The molecular formula is C75H146O17P2. The van der Waals surface area contributed by atoms with E-state index in [1.165, 1.54) is 173 Å². The molecule has 6 atom stereocenters. The van der Waals surface area contributed by atoms with Crippen molar-refractivity contribution in [3.63, 3.8) is 0 Å². The van der Waals surface area contributed by atoms with E-state index in [1.54, 1.807) is 0 Å². The molecule has 0 rings (SSSR count). The van der Waals surface area contributed by atoms with Gasteiger partial charge in [0, 0.05) is 25.7 Å². The Hall–Kier alpha value is -1.94. The summed E-state index contributed by atoms with van der Waals surface area (Å²) in [6.07, 6.45) is 48.6. The number of phosphoric ester groups is 2. The molecule has 3 N–H and O–H groups in total. The molecule has 0 spiro atoms. The first-order valence-corrected chi connectivity index (χ1v) is 41.7. The molecule has 94 heavy (non-hydrogen) atoms. The molecule has 17 nitrogen and oxygen atoms in total. The number of phosphoric acid groups is 2. The Morgan fingerprint density at radius 1 is 0.298 bits per heavy atom. The van der Waals surface area contributed by atoms with Crippen LogP contribution in [0.25, 0.3) is 0 Å². The van der Waals surface area contributed by atoms with Crippen LogP contribution in [-0.2, 0) is 65.4 Å². The standard InChI is InChI=1S/C75H146O17P2/c1-9-68(8)54-46-38-33-34-40-48-56-73(78)86-62-71(92-74(79)57-49-41-31-25-19-15-17-22-28-36-44-52-66(4)5)64-90-94(83,84)88-60-69(76)59-87-93(81,82)89-63-70(91-75(80)58-50-42-32-26-20-23-29-37-45-53-67(6)7)61-85-72(77)55-47-39-30-24-18-14-12-10-11-13-16-21-27-35-43-51-65(2)3/h65-71,76H,9-64H2,1-8H3,(H,81,82)(H,83,84)/t68?,69-,70-,71-/m1/s1. The topological polar surface area (TPSA) is 237 Å². The Balaban J connectivity index is 5.23. The van der Waals surface area contributed by atoms with Crippen LogP contribution in [0.3, 0.4) is 0 Å². The van der Waals surface area contributed by atoms with Crippen molar-refractivity contribution in [3.8, 4) is 0 Å². The van der Waals surface area contributed by atoms with Gasteiger partial charge in [0.05, 0.1) is 26.4 Å². The number of esters is 4. The molecule has 0 heterocycles. The van der Waals surface area contributed by atoms with E-state index in [9.17, 15) is 43.2 Å². The molecule has 0 saturated carbocycles. The van der Waals surface area contributed by atoms with Gasteiger partial charge in [-0.3, -0.25) is 37.3 Å². The Morgan fingerprint density at radius 3 is 0.755 bits per heavy atom. The van der Waals surface area contributed by atoms with E-state index in [0.29, 0.717) is 25.7 Å². The number of rotatable bonds is 72. The van der Waals surface area contributed by atoms with Crippen molar-refractivity contribution >= 4 is 39.5 Å². The molecule has 0 aliphatic heterocycles. The third-order valence-electron chi connectivity index (χ3n) is 17.7. The van der Waals surface area contributed by atoms with Gasteiger partial charge in [0.2, 0.25) is 0 Å². The largest absolute Gasteiger partial charge is 0.472 e. The van der Waals surface area contributed by atoms with Crippen molar-refractivity contribution in [2.75, 3.05) is 39.6 Å². The number of ether oxygens (including phenoxy) is 4. The number of carbonyl (C=O) groups excluding carboxylic acids is 4. The van der Waals surface area contributed by atoms with Crippen molar-refractivity contribution in [3.05, 3.63) is 0 Å². The fourth-order valence-corrected chi connectivity index (χ4v) is 12.9. The van der Waals surface area contributed by atoms with Crippen molar-refractivity contribution < 1.29 is 80.2 Å². The Morgan fingerprint density at radius 2 is 0.511 bits per heavy atom. The highest BCUT2D eigenvalue weighted by molar-refractivity contribution is 7.47. The van der Waals surface area contributed by atoms with Gasteiger partial charge in [-0.25, -0.2) is 9.13 Å². The normalized spacial score (nSPS) is 14.4. The summed E-state index contributed by atoms with van der Waals surface area (Å²) in [7, 11) is -9.91. The summed E-state index contributed by atoms with van der Waals surface area (Å²) in [5.41, 5.74) is 0. The molecular weight excluding hydrogens is 1230 g/mol. The van der Waals surface area contributed by atoms with E-state index in [2.05, 4.69) is 55.4 Å². The monoisotopic (exact) mass is 1380 g/mol. The number of unbranched alkanes of at least 4 members (excludes halogenated alkanes) is 37. The maximum absolute atomic E-state index is 13.1. The SMILES string of the molecule is CCC(C)CCCCCCCCC(=O)OC[C@H](COP(=O)(O)OC[C@H](O)COP(=O)(O)OC[C@@H](COC(=O)CCCCCCCCCCCCCCCCCC(C)C)OC(=O)CCCCCCCCCCCC(C)C)OC(=O)CCCCCCCCCCCCCC(C)C. The number of aliphatic hydroxyl groups is 1. The van der Waals surface area contributed by atoms with E-state index in [0.717, 1.165) is 120 Å². The second kappa shape index (κ2) is 64.4. The zero-order chi connectivity index (χ0) is 69.6.